The van der Waals surface area contributed by atoms with Crippen LogP contribution in [0, 0.1) is 0 Å². The average Bonchev–Trinajstić information content (AvgIpc) is 2.64. The molecule has 1 aromatic rings. The number of benzene rings is 1. The van der Waals surface area contributed by atoms with Crippen LogP contribution in [0.2, 0.25) is 0 Å². The second-order valence-corrected chi connectivity index (χ2v) is 7.37. The molecule has 0 fully saturated rings. The van der Waals surface area contributed by atoms with Crippen LogP contribution >= 0.6 is 0 Å². The summed E-state index contributed by atoms with van der Waals surface area (Å²) in [5, 5.41) is 3.16. The summed E-state index contributed by atoms with van der Waals surface area (Å²) in [5.74, 6) is 0.143. The van der Waals surface area contributed by atoms with Gasteiger partial charge in [-0.25, -0.2) is 8.42 Å². The minimum atomic E-state index is -3.25. The standard InChI is InChI=1S/C14H22N2O2S/c1-11(2)15-8-9-19(17,18)16-12(3)10-13-6-4-5-7-14(13)16/h4-7,11-12,15H,8-10H2,1-3H3. The molecule has 1 atom stereocenters. The summed E-state index contributed by atoms with van der Waals surface area (Å²) in [7, 11) is -3.25. The van der Waals surface area contributed by atoms with Crippen molar-refractivity contribution in [3.05, 3.63) is 29.8 Å². The normalized spacial score (nSPS) is 18.9. The molecule has 0 bridgehead atoms. The zero-order valence-electron chi connectivity index (χ0n) is 11.8. The van der Waals surface area contributed by atoms with Crippen LogP contribution in [-0.2, 0) is 16.4 Å². The van der Waals surface area contributed by atoms with Gasteiger partial charge in [-0.05, 0) is 25.0 Å². The maximum absolute atomic E-state index is 12.5. The molecular formula is C14H22N2O2S. The van der Waals surface area contributed by atoms with Gasteiger partial charge in [-0.1, -0.05) is 32.0 Å². The van der Waals surface area contributed by atoms with E-state index in [1.807, 2.05) is 45.0 Å². The fourth-order valence-corrected chi connectivity index (χ4v) is 4.21. The summed E-state index contributed by atoms with van der Waals surface area (Å²) in [5.41, 5.74) is 1.97. The zero-order valence-corrected chi connectivity index (χ0v) is 12.6. The molecule has 4 nitrogen and oxygen atoms in total. The quantitative estimate of drug-likeness (QED) is 0.895. The number of hydrogen-bond acceptors (Lipinski definition) is 3. The van der Waals surface area contributed by atoms with Crippen LogP contribution < -0.4 is 9.62 Å². The Morgan fingerprint density at radius 1 is 1.37 bits per heavy atom. The van der Waals surface area contributed by atoms with Gasteiger partial charge in [-0.3, -0.25) is 4.31 Å². The van der Waals surface area contributed by atoms with Gasteiger partial charge in [0.15, 0.2) is 0 Å². The van der Waals surface area contributed by atoms with Crippen molar-refractivity contribution in [2.45, 2.75) is 39.3 Å². The van der Waals surface area contributed by atoms with Crippen molar-refractivity contribution in [1.82, 2.24) is 5.32 Å². The van der Waals surface area contributed by atoms with Crippen LogP contribution in [0.3, 0.4) is 0 Å². The van der Waals surface area contributed by atoms with E-state index in [0.29, 0.717) is 12.6 Å². The second kappa shape index (κ2) is 5.51. The second-order valence-electron chi connectivity index (χ2n) is 5.40. The first-order chi connectivity index (χ1) is 8.92. The lowest BCUT2D eigenvalue weighted by molar-refractivity contribution is 0.569. The molecule has 1 heterocycles. The van der Waals surface area contributed by atoms with Gasteiger partial charge in [0.05, 0.1) is 11.4 Å². The van der Waals surface area contributed by atoms with Gasteiger partial charge in [0, 0.05) is 18.6 Å². The van der Waals surface area contributed by atoms with Gasteiger partial charge in [-0.15, -0.1) is 0 Å². The molecule has 0 aliphatic carbocycles. The molecule has 106 valence electrons. The van der Waals surface area contributed by atoms with Crippen molar-refractivity contribution in [2.75, 3.05) is 16.6 Å². The Labute approximate surface area is 115 Å². The van der Waals surface area contributed by atoms with E-state index in [-0.39, 0.29) is 11.8 Å². The number of hydrogen-bond donors (Lipinski definition) is 1. The van der Waals surface area contributed by atoms with Gasteiger partial charge >= 0.3 is 0 Å². The molecule has 0 saturated heterocycles. The van der Waals surface area contributed by atoms with Gasteiger partial charge < -0.3 is 5.32 Å². The minimum absolute atomic E-state index is 0.0152. The maximum Gasteiger partial charge on any atom is 0.236 e. The highest BCUT2D eigenvalue weighted by atomic mass is 32.2. The Hall–Kier alpha value is -1.07. The van der Waals surface area contributed by atoms with Crippen molar-refractivity contribution in [3.8, 4) is 0 Å². The first-order valence-electron chi connectivity index (χ1n) is 6.75. The number of anilines is 1. The molecule has 0 spiro atoms. The summed E-state index contributed by atoms with van der Waals surface area (Å²) >= 11 is 0. The van der Waals surface area contributed by atoms with E-state index in [4.69, 9.17) is 0 Å². The van der Waals surface area contributed by atoms with E-state index in [1.54, 1.807) is 4.31 Å². The third-order valence-corrected chi connectivity index (χ3v) is 5.23. The molecule has 1 N–H and O–H groups in total. The van der Waals surface area contributed by atoms with E-state index in [2.05, 4.69) is 5.32 Å². The number of para-hydroxylation sites is 1. The minimum Gasteiger partial charge on any atom is -0.313 e. The molecule has 0 aromatic heterocycles. The molecule has 1 aliphatic heterocycles. The molecule has 1 aliphatic rings. The number of fused-ring (bicyclic) bond motifs is 1. The Morgan fingerprint density at radius 2 is 2.05 bits per heavy atom. The molecule has 5 heteroatoms. The van der Waals surface area contributed by atoms with Crippen LogP contribution in [0.5, 0.6) is 0 Å². The molecule has 1 aromatic carbocycles. The smallest absolute Gasteiger partial charge is 0.236 e. The third-order valence-electron chi connectivity index (χ3n) is 3.36. The summed E-state index contributed by atoms with van der Waals surface area (Å²) in [4.78, 5) is 0. The average molecular weight is 282 g/mol. The predicted molar refractivity (Wildman–Crippen MR) is 79.0 cm³/mol. The maximum atomic E-state index is 12.5. The fourth-order valence-electron chi connectivity index (χ4n) is 2.54. The Balaban J connectivity index is 2.16. The lowest BCUT2D eigenvalue weighted by Gasteiger charge is -2.24. The van der Waals surface area contributed by atoms with Crippen molar-refractivity contribution in [2.24, 2.45) is 0 Å². The van der Waals surface area contributed by atoms with E-state index >= 15 is 0 Å². The van der Waals surface area contributed by atoms with Gasteiger partial charge in [0.1, 0.15) is 0 Å². The lowest BCUT2D eigenvalue weighted by atomic mass is 10.1. The monoisotopic (exact) mass is 282 g/mol. The molecule has 0 amide bonds. The molecule has 2 rings (SSSR count). The Morgan fingerprint density at radius 3 is 2.74 bits per heavy atom. The number of sulfonamides is 1. The SMILES string of the molecule is CC(C)NCCS(=O)(=O)N1c2ccccc2CC1C. The van der Waals surface area contributed by atoms with Gasteiger partial charge in [-0.2, -0.15) is 0 Å². The Kier molecular flexibility index (Phi) is 4.16. The summed E-state index contributed by atoms with van der Waals surface area (Å²) < 4.78 is 26.5. The van der Waals surface area contributed by atoms with Crippen molar-refractivity contribution in [1.29, 1.82) is 0 Å². The summed E-state index contributed by atoms with van der Waals surface area (Å²) in [6, 6.07) is 8.08. The third kappa shape index (κ3) is 3.09. The summed E-state index contributed by atoms with van der Waals surface area (Å²) in [6.45, 7) is 6.49. The lowest BCUT2D eigenvalue weighted by Crippen LogP contribution is -2.40. The van der Waals surface area contributed by atoms with Crippen molar-refractivity contribution in [3.63, 3.8) is 0 Å². The molecular weight excluding hydrogens is 260 g/mol. The number of nitrogens with one attached hydrogen (secondary N) is 1. The van der Waals surface area contributed by atoms with Crippen molar-refractivity contribution < 1.29 is 8.42 Å². The predicted octanol–water partition coefficient (Wildman–Crippen LogP) is 1.77. The van der Waals surface area contributed by atoms with Gasteiger partial charge in [0.2, 0.25) is 10.0 Å². The molecule has 19 heavy (non-hydrogen) atoms. The van der Waals surface area contributed by atoms with E-state index < -0.39 is 10.0 Å². The van der Waals surface area contributed by atoms with Gasteiger partial charge in [0.25, 0.3) is 0 Å². The highest BCUT2D eigenvalue weighted by Crippen LogP contribution is 2.34. The molecule has 1 unspecified atom stereocenters. The first kappa shape index (κ1) is 14.3. The largest absolute Gasteiger partial charge is 0.313 e. The highest BCUT2D eigenvalue weighted by molar-refractivity contribution is 7.92. The number of nitrogens with zero attached hydrogens (tertiary/aromatic N) is 1. The van der Waals surface area contributed by atoms with Crippen LogP contribution in [0.4, 0.5) is 5.69 Å². The van der Waals surface area contributed by atoms with E-state index in [1.165, 1.54) is 0 Å². The van der Waals surface area contributed by atoms with E-state index in [9.17, 15) is 8.42 Å². The van der Waals surface area contributed by atoms with Crippen LogP contribution in [0.1, 0.15) is 26.3 Å². The van der Waals surface area contributed by atoms with Crippen molar-refractivity contribution >= 4 is 15.7 Å². The highest BCUT2D eigenvalue weighted by Gasteiger charge is 2.34. The van der Waals surface area contributed by atoms with Crippen LogP contribution in [-0.4, -0.2) is 32.8 Å². The zero-order chi connectivity index (χ0) is 14.0. The number of rotatable bonds is 5. The molecule has 0 saturated carbocycles. The first-order valence-corrected chi connectivity index (χ1v) is 8.36. The van der Waals surface area contributed by atoms with E-state index in [0.717, 1.165) is 17.7 Å². The Bertz CT molecular complexity index is 540. The fraction of sp³-hybridized carbons (Fsp3) is 0.571. The summed E-state index contributed by atoms with van der Waals surface area (Å²) in [6.07, 6.45) is 0.799. The molecule has 0 radical (unpaired) electrons. The topological polar surface area (TPSA) is 49.4 Å². The van der Waals surface area contributed by atoms with Crippen LogP contribution in [0.15, 0.2) is 24.3 Å². The van der Waals surface area contributed by atoms with Crippen LogP contribution in [0.25, 0.3) is 0 Å².